The van der Waals surface area contributed by atoms with E-state index in [0.29, 0.717) is 11.1 Å². The summed E-state index contributed by atoms with van der Waals surface area (Å²) in [7, 11) is 1.33. The van der Waals surface area contributed by atoms with Crippen molar-refractivity contribution in [2.24, 2.45) is 5.10 Å². The van der Waals surface area contributed by atoms with Gasteiger partial charge in [-0.3, -0.25) is 4.79 Å². The first kappa shape index (κ1) is 18.4. The van der Waals surface area contributed by atoms with E-state index in [2.05, 4.69) is 36.0 Å². The molecule has 2 aromatic rings. The lowest BCUT2D eigenvalue weighted by atomic mass is 9.87. The number of hydrogen-bond acceptors (Lipinski definition) is 4. The van der Waals surface area contributed by atoms with Gasteiger partial charge in [-0.25, -0.2) is 10.2 Å². The molecule has 0 aliphatic rings. The molecule has 0 spiro atoms. The second-order valence-electron chi connectivity index (χ2n) is 6.64. The summed E-state index contributed by atoms with van der Waals surface area (Å²) in [4.78, 5) is 23.5. The molecule has 0 unspecified atom stereocenters. The van der Waals surface area contributed by atoms with Crippen molar-refractivity contribution in [2.45, 2.75) is 26.2 Å². The number of esters is 1. The lowest BCUT2D eigenvalue weighted by molar-refractivity contribution is 0.0600. The maximum absolute atomic E-state index is 12.1. The highest BCUT2D eigenvalue weighted by Crippen LogP contribution is 2.22. The minimum absolute atomic E-state index is 0.0452. The highest BCUT2D eigenvalue weighted by atomic mass is 16.5. The van der Waals surface area contributed by atoms with Crippen molar-refractivity contribution in [3.05, 3.63) is 70.8 Å². The number of ether oxygens (including phenoxy) is 1. The predicted octanol–water partition coefficient (Wildman–Crippen LogP) is 3.53. The van der Waals surface area contributed by atoms with Crippen molar-refractivity contribution in [1.29, 1.82) is 0 Å². The van der Waals surface area contributed by atoms with Crippen LogP contribution in [0.2, 0.25) is 0 Å². The third-order valence-corrected chi connectivity index (χ3v) is 3.72. The summed E-state index contributed by atoms with van der Waals surface area (Å²) in [6.07, 6.45) is 1.52. The molecule has 0 radical (unpaired) electrons. The zero-order chi connectivity index (χ0) is 18.4. The lowest BCUT2D eigenvalue weighted by Gasteiger charge is -2.18. The summed E-state index contributed by atoms with van der Waals surface area (Å²) in [5, 5.41) is 3.94. The molecule has 5 nitrogen and oxygen atoms in total. The molecule has 0 heterocycles. The lowest BCUT2D eigenvalue weighted by Crippen LogP contribution is -2.18. The third kappa shape index (κ3) is 5.01. The maximum atomic E-state index is 12.1. The number of hydrazone groups is 1. The van der Waals surface area contributed by atoms with Gasteiger partial charge in [0.1, 0.15) is 0 Å². The van der Waals surface area contributed by atoms with Gasteiger partial charge < -0.3 is 4.74 Å². The van der Waals surface area contributed by atoms with Crippen LogP contribution in [-0.2, 0) is 10.2 Å². The summed E-state index contributed by atoms with van der Waals surface area (Å²) in [6.45, 7) is 6.37. The van der Waals surface area contributed by atoms with E-state index in [-0.39, 0.29) is 11.3 Å². The van der Waals surface area contributed by atoms with E-state index >= 15 is 0 Å². The van der Waals surface area contributed by atoms with Crippen molar-refractivity contribution in [1.82, 2.24) is 5.43 Å². The summed E-state index contributed by atoms with van der Waals surface area (Å²) >= 11 is 0. The highest BCUT2D eigenvalue weighted by molar-refractivity contribution is 5.95. The van der Waals surface area contributed by atoms with Crippen LogP contribution in [0.3, 0.4) is 0 Å². The van der Waals surface area contributed by atoms with Crippen molar-refractivity contribution in [2.75, 3.05) is 7.11 Å². The van der Waals surface area contributed by atoms with Crippen LogP contribution in [0.4, 0.5) is 0 Å². The number of amides is 1. The van der Waals surface area contributed by atoms with Gasteiger partial charge in [0.2, 0.25) is 0 Å². The van der Waals surface area contributed by atoms with E-state index in [0.717, 1.165) is 5.56 Å². The fourth-order valence-electron chi connectivity index (χ4n) is 2.17. The number of methoxy groups -OCH3 is 1. The van der Waals surface area contributed by atoms with E-state index in [4.69, 9.17) is 0 Å². The molecule has 0 fully saturated rings. The van der Waals surface area contributed by atoms with Crippen molar-refractivity contribution in [3.8, 4) is 0 Å². The molecule has 2 rings (SSSR count). The second-order valence-corrected chi connectivity index (χ2v) is 6.64. The van der Waals surface area contributed by atoms with Crippen molar-refractivity contribution >= 4 is 18.1 Å². The summed E-state index contributed by atoms with van der Waals surface area (Å²) in [5.74, 6) is -0.668. The Morgan fingerprint density at radius 2 is 1.52 bits per heavy atom. The standard InChI is InChI=1S/C20H22N2O3/c1-20(2,3)17-11-9-15(10-12-17)18(23)22-21-13-14-5-7-16(8-6-14)19(24)25-4/h5-13H,1-4H3,(H,22,23)/b21-13-. The first-order valence-corrected chi connectivity index (χ1v) is 7.93. The number of carbonyl (C=O) groups is 2. The SMILES string of the molecule is COC(=O)c1ccc(/C=N\NC(=O)c2ccc(C(C)(C)C)cc2)cc1. The monoisotopic (exact) mass is 338 g/mol. The molecule has 5 heteroatoms. The molecule has 0 aromatic heterocycles. The number of benzene rings is 2. The Hall–Kier alpha value is -2.95. The predicted molar refractivity (Wildman–Crippen MR) is 98.0 cm³/mol. The fourth-order valence-corrected chi connectivity index (χ4v) is 2.17. The fraction of sp³-hybridized carbons (Fsp3) is 0.250. The molecule has 25 heavy (non-hydrogen) atoms. The Labute approximate surface area is 147 Å². The molecule has 0 aliphatic heterocycles. The third-order valence-electron chi connectivity index (χ3n) is 3.72. The van der Waals surface area contributed by atoms with Crippen LogP contribution in [0.1, 0.15) is 52.6 Å². The largest absolute Gasteiger partial charge is 0.465 e. The molecule has 2 aromatic carbocycles. The second kappa shape index (κ2) is 7.75. The van der Waals surface area contributed by atoms with Crippen LogP contribution >= 0.6 is 0 Å². The molecular formula is C20H22N2O3. The van der Waals surface area contributed by atoms with Gasteiger partial charge >= 0.3 is 5.97 Å². The number of nitrogens with zero attached hydrogens (tertiary/aromatic N) is 1. The van der Waals surface area contributed by atoms with Crippen LogP contribution in [-0.4, -0.2) is 25.2 Å². The highest BCUT2D eigenvalue weighted by Gasteiger charge is 2.14. The van der Waals surface area contributed by atoms with Gasteiger partial charge in [-0.15, -0.1) is 0 Å². The number of nitrogens with one attached hydrogen (secondary N) is 1. The maximum Gasteiger partial charge on any atom is 0.337 e. The molecule has 0 saturated heterocycles. The molecule has 130 valence electrons. The van der Waals surface area contributed by atoms with E-state index in [1.54, 1.807) is 36.4 Å². The number of carbonyl (C=O) groups excluding carboxylic acids is 2. The van der Waals surface area contributed by atoms with Gasteiger partial charge in [-0.05, 0) is 40.8 Å². The Morgan fingerprint density at radius 1 is 0.960 bits per heavy atom. The van der Waals surface area contributed by atoms with E-state index in [1.165, 1.54) is 18.9 Å². The van der Waals surface area contributed by atoms with E-state index < -0.39 is 5.97 Å². The Balaban J connectivity index is 1.97. The van der Waals surface area contributed by atoms with Crippen LogP contribution in [0.25, 0.3) is 0 Å². The molecule has 0 atom stereocenters. The van der Waals surface area contributed by atoms with Gasteiger partial charge in [0.25, 0.3) is 5.91 Å². The minimum Gasteiger partial charge on any atom is -0.465 e. The Morgan fingerprint density at radius 3 is 2.04 bits per heavy atom. The summed E-state index contributed by atoms with van der Waals surface area (Å²) in [6, 6.07) is 14.2. The molecule has 0 aliphatic carbocycles. The molecule has 1 amide bonds. The topological polar surface area (TPSA) is 67.8 Å². The Bertz CT molecular complexity index is 770. The number of hydrogen-bond donors (Lipinski definition) is 1. The zero-order valence-electron chi connectivity index (χ0n) is 14.9. The van der Waals surface area contributed by atoms with Gasteiger partial charge in [-0.1, -0.05) is 45.0 Å². The average molecular weight is 338 g/mol. The summed E-state index contributed by atoms with van der Waals surface area (Å²) in [5.41, 5.74) is 5.47. The van der Waals surface area contributed by atoms with Crippen molar-refractivity contribution < 1.29 is 14.3 Å². The van der Waals surface area contributed by atoms with Gasteiger partial charge in [-0.2, -0.15) is 5.10 Å². The van der Waals surface area contributed by atoms with Gasteiger partial charge in [0.05, 0.1) is 18.9 Å². The first-order chi connectivity index (χ1) is 11.8. The van der Waals surface area contributed by atoms with Crippen LogP contribution < -0.4 is 5.43 Å². The molecule has 0 saturated carbocycles. The Kier molecular flexibility index (Phi) is 5.70. The van der Waals surface area contributed by atoms with Gasteiger partial charge in [0, 0.05) is 5.56 Å². The normalized spacial score (nSPS) is 11.4. The van der Waals surface area contributed by atoms with Crippen LogP contribution in [0, 0.1) is 0 Å². The molecule has 1 N–H and O–H groups in total. The number of rotatable bonds is 4. The average Bonchev–Trinajstić information content (AvgIpc) is 2.61. The van der Waals surface area contributed by atoms with Gasteiger partial charge in [0.15, 0.2) is 0 Å². The minimum atomic E-state index is -0.393. The smallest absolute Gasteiger partial charge is 0.337 e. The van der Waals surface area contributed by atoms with E-state index in [9.17, 15) is 9.59 Å². The van der Waals surface area contributed by atoms with E-state index in [1.807, 2.05) is 12.1 Å². The first-order valence-electron chi connectivity index (χ1n) is 7.93. The zero-order valence-corrected chi connectivity index (χ0v) is 14.9. The summed E-state index contributed by atoms with van der Waals surface area (Å²) < 4.78 is 4.64. The molecule has 0 bridgehead atoms. The van der Waals surface area contributed by atoms with Crippen LogP contribution in [0.15, 0.2) is 53.6 Å². The van der Waals surface area contributed by atoms with Crippen molar-refractivity contribution in [3.63, 3.8) is 0 Å². The van der Waals surface area contributed by atoms with Crippen LogP contribution in [0.5, 0.6) is 0 Å². The molecular weight excluding hydrogens is 316 g/mol. The quantitative estimate of drug-likeness (QED) is 0.527.